The number of hydrogen-bond acceptors (Lipinski definition) is 6. The maximum atomic E-state index is 11.9. The number of nitrogens with two attached hydrogens (primary N) is 1. The first-order valence-corrected chi connectivity index (χ1v) is 7.63. The van der Waals surface area contributed by atoms with Gasteiger partial charge in [0.2, 0.25) is 0 Å². The Hall–Kier alpha value is -2.28. The van der Waals surface area contributed by atoms with E-state index in [4.69, 9.17) is 20.2 Å². The van der Waals surface area contributed by atoms with Crippen molar-refractivity contribution in [3.8, 4) is 0 Å². The molecular formula is C17H26N2O5. The molecule has 134 valence electrons. The molecule has 1 amide bonds. The number of anilines is 1. The predicted octanol–water partition coefficient (Wildman–Crippen LogP) is 3.18. The maximum absolute atomic E-state index is 11.9. The summed E-state index contributed by atoms with van der Waals surface area (Å²) in [5.74, 6) is -0.636. The van der Waals surface area contributed by atoms with Crippen molar-refractivity contribution in [2.45, 2.75) is 59.3 Å². The molecular weight excluding hydrogens is 312 g/mol. The lowest BCUT2D eigenvalue weighted by atomic mass is 10.1. The summed E-state index contributed by atoms with van der Waals surface area (Å²) in [4.78, 5) is 33.3. The SMILES string of the molecule is CC(C)(C)OOC(=O)c1ccc(CNC(=O)OC(C)(C)C)c(N)c1. The normalized spacial score (nSPS) is 11.8. The zero-order chi connectivity index (χ0) is 18.5. The molecule has 0 aromatic heterocycles. The highest BCUT2D eigenvalue weighted by Crippen LogP contribution is 2.17. The Morgan fingerprint density at radius 1 is 1.08 bits per heavy atom. The maximum Gasteiger partial charge on any atom is 0.407 e. The van der Waals surface area contributed by atoms with E-state index in [0.717, 1.165) is 0 Å². The van der Waals surface area contributed by atoms with Gasteiger partial charge in [-0.15, -0.1) is 0 Å². The van der Waals surface area contributed by atoms with Crippen molar-refractivity contribution in [3.05, 3.63) is 29.3 Å². The van der Waals surface area contributed by atoms with Gasteiger partial charge in [-0.05, 0) is 59.2 Å². The van der Waals surface area contributed by atoms with Crippen LogP contribution in [0.4, 0.5) is 10.5 Å². The minimum atomic E-state index is -0.636. The summed E-state index contributed by atoms with van der Waals surface area (Å²) >= 11 is 0. The molecule has 7 heteroatoms. The number of carbonyl (C=O) groups excluding carboxylic acids is 2. The lowest BCUT2D eigenvalue weighted by Gasteiger charge is -2.20. The Balaban J connectivity index is 2.64. The van der Waals surface area contributed by atoms with Crippen LogP contribution < -0.4 is 11.1 Å². The monoisotopic (exact) mass is 338 g/mol. The summed E-state index contributed by atoms with van der Waals surface area (Å²) in [5, 5.41) is 2.61. The zero-order valence-corrected chi connectivity index (χ0v) is 15.1. The first kappa shape index (κ1) is 19.8. The average molecular weight is 338 g/mol. The first-order chi connectivity index (χ1) is 10.9. The number of nitrogens with one attached hydrogen (secondary N) is 1. The predicted molar refractivity (Wildman–Crippen MR) is 90.2 cm³/mol. The third kappa shape index (κ3) is 7.32. The fourth-order valence-corrected chi connectivity index (χ4v) is 1.58. The summed E-state index contributed by atoms with van der Waals surface area (Å²) < 4.78 is 5.14. The van der Waals surface area contributed by atoms with E-state index in [2.05, 4.69) is 5.32 Å². The molecule has 1 aromatic carbocycles. The van der Waals surface area contributed by atoms with E-state index in [-0.39, 0.29) is 12.1 Å². The highest BCUT2D eigenvalue weighted by Gasteiger charge is 2.18. The van der Waals surface area contributed by atoms with Gasteiger partial charge >= 0.3 is 12.1 Å². The van der Waals surface area contributed by atoms with E-state index in [1.165, 1.54) is 6.07 Å². The Labute approximate surface area is 142 Å². The average Bonchev–Trinajstić information content (AvgIpc) is 2.40. The molecule has 24 heavy (non-hydrogen) atoms. The van der Waals surface area contributed by atoms with Crippen LogP contribution in [0.5, 0.6) is 0 Å². The van der Waals surface area contributed by atoms with Crippen molar-refractivity contribution in [3.63, 3.8) is 0 Å². The van der Waals surface area contributed by atoms with Crippen LogP contribution in [0.1, 0.15) is 57.5 Å². The Bertz CT molecular complexity index is 600. The Morgan fingerprint density at radius 2 is 1.71 bits per heavy atom. The molecule has 0 radical (unpaired) electrons. The quantitative estimate of drug-likeness (QED) is 0.497. The molecule has 0 aliphatic heterocycles. The molecule has 0 bridgehead atoms. The molecule has 0 saturated heterocycles. The molecule has 0 heterocycles. The van der Waals surface area contributed by atoms with E-state index >= 15 is 0 Å². The van der Waals surface area contributed by atoms with Crippen LogP contribution in [0.2, 0.25) is 0 Å². The van der Waals surface area contributed by atoms with Gasteiger partial charge in [-0.2, -0.15) is 4.89 Å². The number of carbonyl (C=O) groups is 2. The topological polar surface area (TPSA) is 99.9 Å². The van der Waals surface area contributed by atoms with Crippen molar-refractivity contribution < 1.29 is 24.1 Å². The van der Waals surface area contributed by atoms with Crippen LogP contribution in [0, 0.1) is 0 Å². The highest BCUT2D eigenvalue weighted by molar-refractivity contribution is 5.90. The van der Waals surface area contributed by atoms with Crippen LogP contribution in [0.25, 0.3) is 0 Å². The minimum absolute atomic E-state index is 0.189. The first-order valence-electron chi connectivity index (χ1n) is 7.63. The summed E-state index contributed by atoms with van der Waals surface area (Å²) in [5.41, 5.74) is 6.02. The Morgan fingerprint density at radius 3 is 2.21 bits per heavy atom. The van der Waals surface area contributed by atoms with Crippen molar-refractivity contribution >= 4 is 17.7 Å². The van der Waals surface area contributed by atoms with Gasteiger partial charge in [-0.25, -0.2) is 9.59 Å². The minimum Gasteiger partial charge on any atom is -0.444 e. The van der Waals surface area contributed by atoms with E-state index in [9.17, 15) is 9.59 Å². The van der Waals surface area contributed by atoms with Gasteiger partial charge in [-0.1, -0.05) is 6.07 Å². The second-order valence-electron chi connectivity index (χ2n) is 7.34. The number of nitrogen functional groups attached to an aromatic ring is 1. The zero-order valence-electron chi connectivity index (χ0n) is 15.1. The van der Waals surface area contributed by atoms with Crippen LogP contribution in [-0.4, -0.2) is 23.3 Å². The van der Waals surface area contributed by atoms with Crippen LogP contribution in [0.15, 0.2) is 18.2 Å². The van der Waals surface area contributed by atoms with Crippen LogP contribution >= 0.6 is 0 Å². The van der Waals surface area contributed by atoms with Crippen LogP contribution in [0.3, 0.4) is 0 Å². The third-order valence-electron chi connectivity index (χ3n) is 2.57. The standard InChI is InChI=1S/C17H26N2O5/c1-16(2,3)22-15(21)19-10-12-8-7-11(9-13(12)18)14(20)23-24-17(4,5)6/h7-9H,10,18H2,1-6H3,(H,19,21). The molecule has 0 atom stereocenters. The molecule has 0 saturated carbocycles. The van der Waals surface area contributed by atoms with Gasteiger partial charge in [0, 0.05) is 12.2 Å². The molecule has 0 aliphatic carbocycles. The summed E-state index contributed by atoms with van der Waals surface area (Å²) in [7, 11) is 0. The third-order valence-corrected chi connectivity index (χ3v) is 2.57. The molecule has 0 unspecified atom stereocenters. The summed E-state index contributed by atoms with van der Waals surface area (Å²) in [6, 6.07) is 4.66. The number of rotatable bonds is 4. The largest absolute Gasteiger partial charge is 0.444 e. The van der Waals surface area contributed by atoms with E-state index < -0.39 is 23.3 Å². The van der Waals surface area contributed by atoms with E-state index in [1.807, 2.05) is 0 Å². The second kappa shape index (κ2) is 7.53. The number of hydrogen-bond donors (Lipinski definition) is 2. The van der Waals surface area contributed by atoms with Gasteiger partial charge in [0.1, 0.15) is 11.2 Å². The number of benzene rings is 1. The second-order valence-corrected chi connectivity index (χ2v) is 7.34. The van der Waals surface area contributed by atoms with E-state index in [1.54, 1.807) is 53.7 Å². The molecule has 1 rings (SSSR count). The molecule has 3 N–H and O–H groups in total. The lowest BCUT2D eigenvalue weighted by Crippen LogP contribution is -2.32. The van der Waals surface area contributed by atoms with E-state index in [0.29, 0.717) is 11.3 Å². The molecule has 1 aromatic rings. The fourth-order valence-electron chi connectivity index (χ4n) is 1.58. The molecule has 0 spiro atoms. The smallest absolute Gasteiger partial charge is 0.407 e. The van der Waals surface area contributed by atoms with Gasteiger partial charge in [0.25, 0.3) is 0 Å². The number of alkyl carbamates (subject to hydrolysis) is 1. The Kier molecular flexibility index (Phi) is 6.20. The molecule has 7 nitrogen and oxygen atoms in total. The lowest BCUT2D eigenvalue weighted by molar-refractivity contribution is -0.301. The van der Waals surface area contributed by atoms with Gasteiger partial charge in [-0.3, -0.25) is 4.89 Å². The number of ether oxygens (including phenoxy) is 1. The summed E-state index contributed by atoms with van der Waals surface area (Å²) in [6.07, 6.45) is -0.538. The van der Waals surface area contributed by atoms with Gasteiger partial charge in [0.05, 0.1) is 5.56 Å². The molecule has 0 aliphatic rings. The van der Waals surface area contributed by atoms with Crippen molar-refractivity contribution in [2.24, 2.45) is 0 Å². The van der Waals surface area contributed by atoms with Gasteiger partial charge < -0.3 is 15.8 Å². The van der Waals surface area contributed by atoms with Crippen molar-refractivity contribution in [1.82, 2.24) is 5.32 Å². The highest BCUT2D eigenvalue weighted by atomic mass is 17.2. The number of amides is 1. The fraction of sp³-hybridized carbons (Fsp3) is 0.529. The van der Waals surface area contributed by atoms with Crippen molar-refractivity contribution in [1.29, 1.82) is 0 Å². The molecule has 0 fully saturated rings. The van der Waals surface area contributed by atoms with Crippen molar-refractivity contribution in [2.75, 3.05) is 5.73 Å². The summed E-state index contributed by atoms with van der Waals surface area (Å²) in [6.45, 7) is 10.8. The van der Waals surface area contributed by atoms with Crippen LogP contribution in [-0.2, 0) is 21.1 Å². The van der Waals surface area contributed by atoms with Gasteiger partial charge in [0.15, 0.2) is 0 Å².